The minimum atomic E-state index is -0.544. The van der Waals surface area contributed by atoms with Crippen molar-refractivity contribution in [3.63, 3.8) is 0 Å². The van der Waals surface area contributed by atoms with Gasteiger partial charge in [0.2, 0.25) is 5.91 Å². The SMILES string of the molecule is Cc1cc(C(=O)NCCOCC(N)=O)sc1C#CCO. The molecule has 0 aliphatic carbocycles. The van der Waals surface area contributed by atoms with E-state index in [1.165, 1.54) is 11.3 Å². The quantitative estimate of drug-likeness (QED) is 0.492. The van der Waals surface area contributed by atoms with Crippen LogP contribution in [0.1, 0.15) is 20.1 Å². The van der Waals surface area contributed by atoms with E-state index >= 15 is 0 Å². The van der Waals surface area contributed by atoms with Gasteiger partial charge in [-0.2, -0.15) is 0 Å². The minimum absolute atomic E-state index is 0.158. The number of carbonyl (C=O) groups is 2. The molecule has 1 aromatic heterocycles. The maximum absolute atomic E-state index is 11.8. The van der Waals surface area contributed by atoms with E-state index in [1.54, 1.807) is 6.07 Å². The molecular weight excluding hydrogens is 280 g/mol. The highest BCUT2D eigenvalue weighted by Gasteiger charge is 2.10. The number of aliphatic hydroxyl groups excluding tert-OH is 1. The number of aryl methyl sites for hydroxylation is 1. The molecular formula is C13H16N2O4S. The summed E-state index contributed by atoms with van der Waals surface area (Å²) < 4.78 is 4.93. The fourth-order valence-corrected chi connectivity index (χ4v) is 2.30. The molecule has 0 spiro atoms. The monoisotopic (exact) mass is 296 g/mol. The summed E-state index contributed by atoms with van der Waals surface area (Å²) in [6.45, 7) is 1.99. The van der Waals surface area contributed by atoms with Gasteiger partial charge in [-0.15, -0.1) is 11.3 Å². The van der Waals surface area contributed by atoms with Gasteiger partial charge in [-0.3, -0.25) is 9.59 Å². The van der Waals surface area contributed by atoms with Crippen LogP contribution in [0.4, 0.5) is 0 Å². The number of thiophene rings is 1. The Labute approximate surface area is 120 Å². The van der Waals surface area contributed by atoms with Crippen LogP contribution >= 0.6 is 11.3 Å². The molecule has 0 aliphatic heterocycles. The molecule has 0 unspecified atom stereocenters. The first-order valence-electron chi connectivity index (χ1n) is 5.89. The van der Waals surface area contributed by atoms with Crippen molar-refractivity contribution in [3.05, 3.63) is 21.4 Å². The van der Waals surface area contributed by atoms with E-state index in [9.17, 15) is 9.59 Å². The van der Waals surface area contributed by atoms with E-state index in [2.05, 4.69) is 17.2 Å². The molecule has 0 saturated heterocycles. The predicted molar refractivity (Wildman–Crippen MR) is 75.4 cm³/mol. The van der Waals surface area contributed by atoms with Crippen LogP contribution in [0.15, 0.2) is 6.07 Å². The standard InChI is InChI=1S/C13H16N2O4S/c1-9-7-11(20-10(9)3-2-5-16)13(18)15-4-6-19-8-12(14)17/h7,16H,4-6,8H2,1H3,(H2,14,17)(H,15,18). The summed E-state index contributed by atoms with van der Waals surface area (Å²) in [4.78, 5) is 23.6. The molecule has 0 atom stereocenters. The first kappa shape index (κ1) is 16.2. The van der Waals surface area contributed by atoms with Crippen molar-refractivity contribution in [3.8, 4) is 11.8 Å². The highest BCUT2D eigenvalue weighted by atomic mass is 32.1. The number of carbonyl (C=O) groups excluding carboxylic acids is 2. The zero-order valence-corrected chi connectivity index (χ0v) is 11.9. The van der Waals surface area contributed by atoms with Crippen LogP contribution in [0.2, 0.25) is 0 Å². The van der Waals surface area contributed by atoms with E-state index in [-0.39, 0.29) is 25.7 Å². The van der Waals surface area contributed by atoms with Crippen LogP contribution in [-0.4, -0.2) is 43.3 Å². The first-order chi connectivity index (χ1) is 9.54. The Morgan fingerprint density at radius 3 is 2.95 bits per heavy atom. The Bertz CT molecular complexity index is 542. The highest BCUT2D eigenvalue weighted by Crippen LogP contribution is 2.20. The third-order valence-electron chi connectivity index (χ3n) is 2.20. The van der Waals surface area contributed by atoms with Crippen LogP contribution in [0.5, 0.6) is 0 Å². The van der Waals surface area contributed by atoms with Crippen molar-refractivity contribution < 1.29 is 19.4 Å². The Kier molecular flexibility index (Phi) is 6.73. The third-order valence-corrected chi connectivity index (χ3v) is 3.35. The second-order valence-corrected chi connectivity index (χ2v) is 4.91. The van der Waals surface area contributed by atoms with Crippen LogP contribution in [0.25, 0.3) is 0 Å². The topological polar surface area (TPSA) is 102 Å². The lowest BCUT2D eigenvalue weighted by atomic mass is 10.2. The fourth-order valence-electron chi connectivity index (χ4n) is 1.33. The summed E-state index contributed by atoms with van der Waals surface area (Å²) in [5.74, 6) is 4.57. The average molecular weight is 296 g/mol. The summed E-state index contributed by atoms with van der Waals surface area (Å²) in [6, 6.07) is 1.74. The summed E-state index contributed by atoms with van der Waals surface area (Å²) in [6.07, 6.45) is 0. The molecule has 0 fully saturated rings. The van der Waals surface area contributed by atoms with Crippen molar-refractivity contribution in [1.82, 2.24) is 5.32 Å². The van der Waals surface area contributed by atoms with Gasteiger partial charge in [0.05, 0.1) is 16.4 Å². The van der Waals surface area contributed by atoms with E-state index in [4.69, 9.17) is 15.6 Å². The second kappa shape index (κ2) is 8.32. The van der Waals surface area contributed by atoms with Crippen LogP contribution in [0, 0.1) is 18.8 Å². The molecule has 1 heterocycles. The highest BCUT2D eigenvalue weighted by molar-refractivity contribution is 7.14. The van der Waals surface area contributed by atoms with Gasteiger partial charge in [0.15, 0.2) is 0 Å². The molecule has 1 rings (SSSR count). The zero-order chi connectivity index (χ0) is 15.0. The largest absolute Gasteiger partial charge is 0.384 e. The van der Waals surface area contributed by atoms with Crippen molar-refractivity contribution in [2.45, 2.75) is 6.92 Å². The number of nitrogens with two attached hydrogens (primary N) is 1. The van der Waals surface area contributed by atoms with Gasteiger partial charge in [-0.05, 0) is 18.6 Å². The summed E-state index contributed by atoms with van der Waals surface area (Å²) in [5.41, 5.74) is 5.80. The van der Waals surface area contributed by atoms with Crippen molar-refractivity contribution in [1.29, 1.82) is 0 Å². The number of amides is 2. The van der Waals surface area contributed by atoms with Gasteiger partial charge in [-0.1, -0.05) is 11.8 Å². The number of nitrogens with one attached hydrogen (secondary N) is 1. The first-order valence-corrected chi connectivity index (χ1v) is 6.70. The predicted octanol–water partition coefficient (Wildman–Crippen LogP) is -0.368. The second-order valence-electron chi connectivity index (χ2n) is 3.86. The smallest absolute Gasteiger partial charge is 0.261 e. The molecule has 1 aromatic rings. The van der Waals surface area contributed by atoms with Gasteiger partial charge in [0.1, 0.15) is 13.2 Å². The van der Waals surface area contributed by atoms with Crippen molar-refractivity contribution in [2.24, 2.45) is 5.73 Å². The number of rotatable bonds is 6. The Hall–Kier alpha value is -1.88. The molecule has 0 aromatic carbocycles. The Balaban J connectivity index is 2.46. The fraction of sp³-hybridized carbons (Fsp3) is 0.385. The van der Waals surface area contributed by atoms with Gasteiger partial charge < -0.3 is 20.9 Å². The lowest BCUT2D eigenvalue weighted by Gasteiger charge is -2.03. The van der Waals surface area contributed by atoms with E-state index in [0.29, 0.717) is 11.4 Å². The lowest BCUT2D eigenvalue weighted by molar-refractivity contribution is -0.122. The number of hydrogen-bond acceptors (Lipinski definition) is 5. The molecule has 4 N–H and O–H groups in total. The normalized spacial score (nSPS) is 9.70. The molecule has 0 bridgehead atoms. The maximum atomic E-state index is 11.8. The molecule has 20 heavy (non-hydrogen) atoms. The third kappa shape index (κ3) is 5.40. The minimum Gasteiger partial charge on any atom is -0.384 e. The number of aliphatic hydroxyl groups is 1. The molecule has 108 valence electrons. The lowest BCUT2D eigenvalue weighted by Crippen LogP contribution is -2.28. The summed E-state index contributed by atoms with van der Waals surface area (Å²) in [7, 11) is 0. The summed E-state index contributed by atoms with van der Waals surface area (Å²) >= 11 is 1.26. The van der Waals surface area contributed by atoms with E-state index < -0.39 is 5.91 Å². The summed E-state index contributed by atoms with van der Waals surface area (Å²) in [5, 5.41) is 11.3. The van der Waals surface area contributed by atoms with Crippen LogP contribution in [-0.2, 0) is 9.53 Å². The van der Waals surface area contributed by atoms with E-state index in [0.717, 1.165) is 10.4 Å². The number of hydrogen-bond donors (Lipinski definition) is 3. The molecule has 0 saturated carbocycles. The number of ether oxygens (including phenoxy) is 1. The van der Waals surface area contributed by atoms with Crippen LogP contribution in [0.3, 0.4) is 0 Å². The maximum Gasteiger partial charge on any atom is 0.261 e. The number of primary amides is 1. The molecule has 6 nitrogen and oxygen atoms in total. The van der Waals surface area contributed by atoms with Gasteiger partial charge in [0.25, 0.3) is 5.91 Å². The molecule has 7 heteroatoms. The van der Waals surface area contributed by atoms with Crippen molar-refractivity contribution in [2.75, 3.05) is 26.4 Å². The Morgan fingerprint density at radius 2 is 2.30 bits per heavy atom. The van der Waals surface area contributed by atoms with Gasteiger partial charge in [-0.25, -0.2) is 0 Å². The zero-order valence-electron chi connectivity index (χ0n) is 11.1. The van der Waals surface area contributed by atoms with Gasteiger partial charge >= 0.3 is 0 Å². The molecule has 2 amide bonds. The average Bonchev–Trinajstić information content (AvgIpc) is 2.77. The van der Waals surface area contributed by atoms with E-state index in [1.807, 2.05) is 6.92 Å². The molecule has 0 radical (unpaired) electrons. The Morgan fingerprint density at radius 1 is 1.55 bits per heavy atom. The molecule has 0 aliphatic rings. The van der Waals surface area contributed by atoms with Gasteiger partial charge in [0, 0.05) is 6.54 Å². The van der Waals surface area contributed by atoms with Crippen molar-refractivity contribution >= 4 is 23.2 Å². The van der Waals surface area contributed by atoms with Crippen LogP contribution < -0.4 is 11.1 Å².